The maximum Gasteiger partial charge on any atom is 0.0570 e. The number of aliphatic hydroxyl groups is 1. The van der Waals surface area contributed by atoms with Crippen molar-refractivity contribution >= 4 is 0 Å². The van der Waals surface area contributed by atoms with E-state index in [0.29, 0.717) is 12.1 Å². The van der Waals surface area contributed by atoms with Gasteiger partial charge in [0.15, 0.2) is 0 Å². The lowest BCUT2D eigenvalue weighted by atomic mass is 9.89. The molecule has 0 saturated heterocycles. The Morgan fingerprint density at radius 2 is 2.08 bits per heavy atom. The molecule has 0 radical (unpaired) electrons. The zero-order chi connectivity index (χ0) is 8.55. The maximum absolute atomic E-state index is 9.09. The predicted octanol–water partition coefficient (Wildman–Crippen LogP) is 1.29. The average Bonchev–Trinajstić information content (AvgIpc) is 2.68. The van der Waals surface area contributed by atoms with Gasteiger partial charge in [0.25, 0.3) is 0 Å². The average molecular weight is 169 g/mol. The molecule has 0 spiro atoms. The fourth-order valence-electron chi connectivity index (χ4n) is 2.05. The van der Waals surface area contributed by atoms with E-state index in [1.165, 1.54) is 19.3 Å². The van der Waals surface area contributed by atoms with Gasteiger partial charge in [-0.2, -0.15) is 0 Å². The Kier molecular flexibility index (Phi) is 2.37. The highest BCUT2D eigenvalue weighted by Gasteiger charge is 2.30. The Balaban J connectivity index is 1.58. The van der Waals surface area contributed by atoms with Gasteiger partial charge in [-0.3, -0.25) is 0 Å². The quantitative estimate of drug-likeness (QED) is 0.664. The van der Waals surface area contributed by atoms with Gasteiger partial charge < -0.3 is 10.4 Å². The summed E-state index contributed by atoms with van der Waals surface area (Å²) in [6, 6.07) is 1.27. The van der Waals surface area contributed by atoms with Gasteiger partial charge in [-0.15, -0.1) is 0 Å². The SMILES string of the molecule is CC(CC1CC1)NC1CC(O)C1. The summed E-state index contributed by atoms with van der Waals surface area (Å²) in [6.07, 6.45) is 6.14. The Morgan fingerprint density at radius 3 is 2.58 bits per heavy atom. The lowest BCUT2D eigenvalue weighted by Gasteiger charge is -2.34. The smallest absolute Gasteiger partial charge is 0.0570 e. The fourth-order valence-corrected chi connectivity index (χ4v) is 2.05. The fraction of sp³-hybridized carbons (Fsp3) is 1.00. The highest BCUT2D eigenvalue weighted by Crippen LogP contribution is 2.33. The molecule has 2 heteroatoms. The molecule has 0 heterocycles. The van der Waals surface area contributed by atoms with Crippen molar-refractivity contribution in [1.29, 1.82) is 0 Å². The largest absolute Gasteiger partial charge is 0.393 e. The van der Waals surface area contributed by atoms with E-state index >= 15 is 0 Å². The van der Waals surface area contributed by atoms with E-state index in [-0.39, 0.29) is 6.10 Å². The van der Waals surface area contributed by atoms with E-state index < -0.39 is 0 Å². The predicted molar refractivity (Wildman–Crippen MR) is 49.0 cm³/mol. The normalized spacial score (nSPS) is 37.5. The number of aliphatic hydroxyl groups excluding tert-OH is 1. The van der Waals surface area contributed by atoms with E-state index in [1.807, 2.05) is 0 Å². The second kappa shape index (κ2) is 3.35. The molecule has 0 aromatic heterocycles. The molecule has 2 saturated carbocycles. The first-order valence-corrected chi connectivity index (χ1v) is 5.18. The third-order valence-corrected chi connectivity index (χ3v) is 3.02. The van der Waals surface area contributed by atoms with Crippen molar-refractivity contribution in [2.45, 2.75) is 57.2 Å². The summed E-state index contributed by atoms with van der Waals surface area (Å²) in [5.41, 5.74) is 0. The molecule has 12 heavy (non-hydrogen) atoms. The highest BCUT2D eigenvalue weighted by atomic mass is 16.3. The molecule has 0 amide bonds. The molecule has 70 valence electrons. The Morgan fingerprint density at radius 1 is 1.42 bits per heavy atom. The van der Waals surface area contributed by atoms with Crippen LogP contribution in [-0.2, 0) is 0 Å². The summed E-state index contributed by atoms with van der Waals surface area (Å²) in [5.74, 6) is 1.01. The standard InChI is InChI=1S/C10H19NO/c1-7(4-8-2-3-8)11-9-5-10(12)6-9/h7-12H,2-6H2,1H3. The van der Waals surface area contributed by atoms with Crippen LogP contribution in [0.15, 0.2) is 0 Å². The van der Waals surface area contributed by atoms with E-state index in [4.69, 9.17) is 5.11 Å². The minimum absolute atomic E-state index is 0.0179. The number of hydrogen-bond donors (Lipinski definition) is 2. The summed E-state index contributed by atoms with van der Waals surface area (Å²) in [5, 5.41) is 12.6. The third-order valence-electron chi connectivity index (χ3n) is 3.02. The number of hydrogen-bond acceptors (Lipinski definition) is 2. The summed E-state index contributed by atoms with van der Waals surface area (Å²) < 4.78 is 0. The van der Waals surface area contributed by atoms with E-state index in [0.717, 1.165) is 18.8 Å². The minimum Gasteiger partial charge on any atom is -0.393 e. The molecule has 0 aromatic rings. The molecule has 2 rings (SSSR count). The lowest BCUT2D eigenvalue weighted by Crippen LogP contribution is -2.47. The van der Waals surface area contributed by atoms with Gasteiger partial charge in [-0.05, 0) is 32.1 Å². The van der Waals surface area contributed by atoms with Crippen molar-refractivity contribution in [2.75, 3.05) is 0 Å². The van der Waals surface area contributed by atoms with Crippen molar-refractivity contribution in [2.24, 2.45) is 5.92 Å². The molecule has 2 aliphatic carbocycles. The zero-order valence-electron chi connectivity index (χ0n) is 7.79. The second-order valence-corrected chi connectivity index (χ2v) is 4.57. The number of nitrogens with one attached hydrogen (secondary N) is 1. The van der Waals surface area contributed by atoms with Crippen molar-refractivity contribution in [3.05, 3.63) is 0 Å². The van der Waals surface area contributed by atoms with Crippen molar-refractivity contribution in [1.82, 2.24) is 5.32 Å². The molecule has 0 bridgehead atoms. The first-order chi connectivity index (χ1) is 5.74. The van der Waals surface area contributed by atoms with Crippen LogP contribution in [0, 0.1) is 5.92 Å². The Hall–Kier alpha value is -0.0800. The number of rotatable bonds is 4. The highest BCUT2D eigenvalue weighted by molar-refractivity contribution is 4.87. The van der Waals surface area contributed by atoms with Crippen LogP contribution in [0.25, 0.3) is 0 Å². The topological polar surface area (TPSA) is 32.3 Å². The van der Waals surface area contributed by atoms with Crippen LogP contribution >= 0.6 is 0 Å². The second-order valence-electron chi connectivity index (χ2n) is 4.57. The summed E-state index contributed by atoms with van der Waals surface area (Å²) >= 11 is 0. The summed E-state index contributed by atoms with van der Waals surface area (Å²) in [4.78, 5) is 0. The van der Waals surface area contributed by atoms with E-state index in [1.54, 1.807) is 0 Å². The van der Waals surface area contributed by atoms with Gasteiger partial charge in [0.2, 0.25) is 0 Å². The molecule has 2 N–H and O–H groups in total. The van der Waals surface area contributed by atoms with Crippen LogP contribution in [-0.4, -0.2) is 23.3 Å². The van der Waals surface area contributed by atoms with Crippen LogP contribution in [0.1, 0.15) is 39.0 Å². The first kappa shape index (κ1) is 8.52. The van der Waals surface area contributed by atoms with Gasteiger partial charge in [0, 0.05) is 12.1 Å². The Bertz CT molecular complexity index is 150. The van der Waals surface area contributed by atoms with Gasteiger partial charge in [-0.25, -0.2) is 0 Å². The molecule has 0 aromatic carbocycles. The van der Waals surface area contributed by atoms with Crippen LogP contribution < -0.4 is 5.32 Å². The lowest BCUT2D eigenvalue weighted by molar-refractivity contribution is 0.0579. The monoisotopic (exact) mass is 169 g/mol. The molecular formula is C10H19NO. The van der Waals surface area contributed by atoms with Gasteiger partial charge in [-0.1, -0.05) is 12.8 Å². The van der Waals surface area contributed by atoms with Crippen LogP contribution in [0.4, 0.5) is 0 Å². The molecule has 2 nitrogen and oxygen atoms in total. The first-order valence-electron chi connectivity index (χ1n) is 5.18. The van der Waals surface area contributed by atoms with E-state index in [9.17, 15) is 0 Å². The minimum atomic E-state index is -0.0179. The molecule has 1 unspecified atom stereocenters. The summed E-state index contributed by atoms with van der Waals surface area (Å²) in [7, 11) is 0. The molecule has 2 fully saturated rings. The van der Waals surface area contributed by atoms with Crippen molar-refractivity contribution in [3.8, 4) is 0 Å². The van der Waals surface area contributed by atoms with Crippen molar-refractivity contribution in [3.63, 3.8) is 0 Å². The van der Waals surface area contributed by atoms with Crippen LogP contribution in [0.3, 0.4) is 0 Å². The molecule has 2 aliphatic rings. The van der Waals surface area contributed by atoms with Gasteiger partial charge >= 0.3 is 0 Å². The molecular weight excluding hydrogens is 150 g/mol. The summed E-state index contributed by atoms with van der Waals surface area (Å²) in [6.45, 7) is 2.27. The third kappa shape index (κ3) is 2.20. The van der Waals surface area contributed by atoms with Gasteiger partial charge in [0.1, 0.15) is 0 Å². The Labute approximate surface area is 74.4 Å². The van der Waals surface area contributed by atoms with Crippen LogP contribution in [0.5, 0.6) is 0 Å². The zero-order valence-corrected chi connectivity index (χ0v) is 7.79. The van der Waals surface area contributed by atoms with E-state index in [2.05, 4.69) is 12.2 Å². The molecule has 0 aliphatic heterocycles. The maximum atomic E-state index is 9.09. The van der Waals surface area contributed by atoms with Crippen molar-refractivity contribution < 1.29 is 5.11 Å². The van der Waals surface area contributed by atoms with Crippen LogP contribution in [0.2, 0.25) is 0 Å². The van der Waals surface area contributed by atoms with Gasteiger partial charge in [0.05, 0.1) is 6.10 Å². The molecule has 1 atom stereocenters.